The fourth-order valence-corrected chi connectivity index (χ4v) is 3.35. The Kier molecular flexibility index (Phi) is 7.67. The van der Waals surface area contributed by atoms with Gasteiger partial charge in [-0.3, -0.25) is 24.3 Å². The molecule has 1 aromatic heterocycles. The summed E-state index contributed by atoms with van der Waals surface area (Å²) in [6.07, 6.45) is 0.266. The molecule has 0 saturated carbocycles. The van der Waals surface area contributed by atoms with E-state index < -0.39 is 16.6 Å². The van der Waals surface area contributed by atoms with Gasteiger partial charge in [0.2, 0.25) is 0 Å². The van der Waals surface area contributed by atoms with Crippen molar-refractivity contribution in [2.24, 2.45) is 0 Å². The van der Waals surface area contributed by atoms with Crippen molar-refractivity contribution in [2.75, 3.05) is 32.6 Å². The number of oxazole rings is 1. The molecule has 0 fully saturated rings. The number of aryl methyl sites for hydroxylation is 1. The van der Waals surface area contributed by atoms with Crippen molar-refractivity contribution < 1.29 is 23.7 Å². The molecule has 11 nitrogen and oxygen atoms in total. The van der Waals surface area contributed by atoms with Gasteiger partial charge in [0.1, 0.15) is 0 Å². The molecule has 0 atom stereocenters. The van der Waals surface area contributed by atoms with Crippen molar-refractivity contribution in [1.29, 1.82) is 0 Å². The molecule has 0 bridgehead atoms. The Bertz CT molecular complexity index is 1240. The Morgan fingerprint density at radius 3 is 2.47 bits per heavy atom. The minimum absolute atomic E-state index is 0.00487. The normalized spacial score (nSPS) is 10.8. The van der Waals surface area contributed by atoms with Crippen LogP contribution in [0.5, 0.6) is 0 Å². The molecule has 0 aliphatic rings. The number of fused-ring (bicyclic) bond motifs is 1. The number of ether oxygens (including phenoxy) is 1. The van der Waals surface area contributed by atoms with Crippen LogP contribution in [0.2, 0.25) is 0 Å². The quantitative estimate of drug-likeness (QED) is 0.251. The second-order valence-electron chi connectivity index (χ2n) is 8.00. The Hall–Kier alpha value is -4.15. The molecule has 0 aliphatic carbocycles. The summed E-state index contributed by atoms with van der Waals surface area (Å²) in [6.45, 7) is 0.178. The van der Waals surface area contributed by atoms with E-state index in [4.69, 9.17) is 9.15 Å². The van der Waals surface area contributed by atoms with E-state index in [1.807, 2.05) is 43.3 Å². The van der Waals surface area contributed by atoms with Gasteiger partial charge in [0, 0.05) is 52.4 Å². The van der Waals surface area contributed by atoms with Crippen LogP contribution in [-0.4, -0.2) is 54.0 Å². The molecule has 0 N–H and O–H groups in total. The van der Waals surface area contributed by atoms with E-state index in [0.29, 0.717) is 12.1 Å². The summed E-state index contributed by atoms with van der Waals surface area (Å²) in [6, 6.07) is 11.7. The predicted octanol–water partition coefficient (Wildman–Crippen LogP) is 2.55. The smallest absolute Gasteiger partial charge is 0.419 e. The third-order valence-electron chi connectivity index (χ3n) is 5.28. The maximum absolute atomic E-state index is 12.3. The average Bonchev–Trinajstić information content (AvgIpc) is 3.11. The first-order valence-electron chi connectivity index (χ1n) is 10.6. The molecule has 0 radical (unpaired) electrons. The highest BCUT2D eigenvalue weighted by Gasteiger charge is 2.16. The molecular weight excluding hydrogens is 444 g/mol. The van der Waals surface area contributed by atoms with E-state index >= 15 is 0 Å². The van der Waals surface area contributed by atoms with Crippen LogP contribution in [0.1, 0.15) is 18.4 Å². The highest BCUT2D eigenvalue weighted by molar-refractivity contribution is 5.80. The highest BCUT2D eigenvalue weighted by atomic mass is 16.6. The largest absolute Gasteiger partial charge is 0.456 e. The lowest BCUT2D eigenvalue weighted by molar-refractivity contribution is -0.384. The third-order valence-corrected chi connectivity index (χ3v) is 5.28. The summed E-state index contributed by atoms with van der Waals surface area (Å²) in [5, 5.41) is 10.9. The standard InChI is InChI=1S/C23H26N4O7/c1-24(2)17-8-6-16(7-9-17)14-25(3)21(28)15-33-22(29)5-4-12-26-19-11-10-18(27(31)32)13-20(19)34-23(26)30/h6-11,13H,4-5,12,14-15H2,1-3H3. The molecule has 34 heavy (non-hydrogen) atoms. The summed E-state index contributed by atoms with van der Waals surface area (Å²) < 4.78 is 11.4. The van der Waals surface area contributed by atoms with Crippen molar-refractivity contribution in [3.8, 4) is 0 Å². The molecule has 1 amide bonds. The lowest BCUT2D eigenvalue weighted by atomic mass is 10.2. The second-order valence-corrected chi connectivity index (χ2v) is 8.00. The van der Waals surface area contributed by atoms with Crippen LogP contribution in [0, 0.1) is 10.1 Å². The number of anilines is 1. The third kappa shape index (κ3) is 6.00. The Morgan fingerprint density at radius 1 is 1.12 bits per heavy atom. The summed E-state index contributed by atoms with van der Waals surface area (Å²) in [5.74, 6) is -1.56. The molecule has 11 heteroatoms. The zero-order valence-corrected chi connectivity index (χ0v) is 19.2. The van der Waals surface area contributed by atoms with Gasteiger partial charge in [-0.25, -0.2) is 4.79 Å². The minimum Gasteiger partial charge on any atom is -0.456 e. The molecule has 0 aliphatic heterocycles. The molecular formula is C23H26N4O7. The number of esters is 1. The van der Waals surface area contributed by atoms with Crippen molar-refractivity contribution in [2.45, 2.75) is 25.9 Å². The van der Waals surface area contributed by atoms with Crippen molar-refractivity contribution in [1.82, 2.24) is 9.47 Å². The van der Waals surface area contributed by atoms with Crippen LogP contribution in [0.15, 0.2) is 51.7 Å². The number of aromatic nitrogens is 1. The molecule has 0 spiro atoms. The van der Waals surface area contributed by atoms with Crippen LogP contribution in [0.3, 0.4) is 0 Å². The predicted molar refractivity (Wildman–Crippen MR) is 125 cm³/mol. The van der Waals surface area contributed by atoms with E-state index in [9.17, 15) is 24.5 Å². The molecule has 2 aromatic carbocycles. The molecule has 0 unspecified atom stereocenters. The fraction of sp³-hybridized carbons (Fsp3) is 0.348. The number of carbonyl (C=O) groups is 2. The number of rotatable bonds is 10. The first-order valence-corrected chi connectivity index (χ1v) is 10.6. The minimum atomic E-state index is -0.667. The van der Waals surface area contributed by atoms with Gasteiger partial charge in [0.05, 0.1) is 16.5 Å². The van der Waals surface area contributed by atoms with E-state index in [1.54, 1.807) is 7.05 Å². The van der Waals surface area contributed by atoms with Crippen LogP contribution >= 0.6 is 0 Å². The number of hydrogen-bond donors (Lipinski definition) is 0. The number of amides is 1. The second kappa shape index (κ2) is 10.6. The van der Waals surface area contributed by atoms with Crippen molar-refractivity contribution in [3.63, 3.8) is 0 Å². The van der Waals surface area contributed by atoms with Gasteiger partial charge in [-0.2, -0.15) is 0 Å². The zero-order chi connectivity index (χ0) is 24.8. The summed E-state index contributed by atoms with van der Waals surface area (Å²) in [4.78, 5) is 50.1. The lowest BCUT2D eigenvalue weighted by Crippen LogP contribution is -2.30. The van der Waals surface area contributed by atoms with Crippen molar-refractivity contribution >= 4 is 34.4 Å². The van der Waals surface area contributed by atoms with Gasteiger partial charge in [-0.15, -0.1) is 0 Å². The number of nitrogens with zero attached hydrogens (tertiary/aromatic N) is 4. The van der Waals surface area contributed by atoms with Crippen LogP contribution in [0.4, 0.5) is 11.4 Å². The van der Waals surface area contributed by atoms with Gasteiger partial charge in [-0.1, -0.05) is 12.1 Å². The highest BCUT2D eigenvalue weighted by Crippen LogP contribution is 2.20. The van der Waals surface area contributed by atoms with Crippen LogP contribution in [0.25, 0.3) is 11.1 Å². The number of nitro groups is 1. The lowest BCUT2D eigenvalue weighted by Gasteiger charge is -2.18. The van der Waals surface area contributed by atoms with Crippen molar-refractivity contribution in [3.05, 3.63) is 68.7 Å². The molecule has 0 saturated heterocycles. The monoisotopic (exact) mass is 470 g/mol. The van der Waals surface area contributed by atoms with E-state index in [2.05, 4.69) is 0 Å². The number of benzene rings is 2. The summed E-state index contributed by atoms with van der Waals surface area (Å²) >= 11 is 0. The average molecular weight is 470 g/mol. The first-order chi connectivity index (χ1) is 16.2. The Balaban J connectivity index is 1.45. The zero-order valence-electron chi connectivity index (χ0n) is 19.2. The van der Waals surface area contributed by atoms with E-state index in [1.165, 1.54) is 27.7 Å². The van der Waals surface area contributed by atoms with Crippen LogP contribution in [-0.2, 0) is 27.4 Å². The van der Waals surface area contributed by atoms with Gasteiger partial charge in [0.15, 0.2) is 12.2 Å². The molecule has 180 valence electrons. The maximum Gasteiger partial charge on any atom is 0.419 e. The van der Waals surface area contributed by atoms with Gasteiger partial charge >= 0.3 is 11.7 Å². The van der Waals surface area contributed by atoms with Gasteiger partial charge in [0.25, 0.3) is 11.6 Å². The Morgan fingerprint density at radius 2 is 1.82 bits per heavy atom. The van der Waals surface area contributed by atoms with E-state index in [-0.39, 0.29) is 43.2 Å². The molecule has 3 rings (SSSR count). The maximum atomic E-state index is 12.3. The molecule has 3 aromatic rings. The number of likely N-dealkylation sites (N-methyl/N-ethyl adjacent to an activating group) is 1. The van der Waals surface area contributed by atoms with Gasteiger partial charge in [-0.05, 0) is 30.2 Å². The fourth-order valence-electron chi connectivity index (χ4n) is 3.35. The SMILES string of the molecule is CN(Cc1ccc(N(C)C)cc1)C(=O)COC(=O)CCCn1c(=O)oc2cc([N+](=O)[O-])ccc21. The summed E-state index contributed by atoms with van der Waals surface area (Å²) in [5.41, 5.74) is 2.33. The number of nitro benzene ring substituents is 1. The van der Waals surface area contributed by atoms with E-state index in [0.717, 1.165) is 11.3 Å². The Labute approximate surface area is 195 Å². The van der Waals surface area contributed by atoms with Gasteiger partial charge < -0.3 is 19.0 Å². The first kappa shape index (κ1) is 24.5. The summed E-state index contributed by atoms with van der Waals surface area (Å²) in [7, 11) is 5.53. The number of carbonyl (C=O) groups excluding carboxylic acids is 2. The number of non-ortho nitro benzene ring substituents is 1. The van der Waals surface area contributed by atoms with Crippen LogP contribution < -0.4 is 10.7 Å². The number of hydrogen-bond acceptors (Lipinski definition) is 8. The topological polar surface area (TPSA) is 128 Å². The molecule has 1 heterocycles.